The normalized spacial score (nSPS) is 15.0. The average Bonchev–Trinajstić information content (AvgIpc) is 3.50. The fourth-order valence-electron chi connectivity index (χ4n) is 3.62. The van der Waals surface area contributed by atoms with E-state index in [2.05, 4.69) is 5.32 Å². The number of likely N-dealkylation sites (N-methyl/N-ethyl adjacent to an activating group) is 1. The lowest BCUT2D eigenvalue weighted by Gasteiger charge is -2.16. The summed E-state index contributed by atoms with van der Waals surface area (Å²) >= 11 is 5.34. The standard InChI is InChI=1S/C23H22N4O5S/c1-25-22(30)19(27(23(25)33)14-21(29)31-2)10-15-12-26(18-8-4-3-7-17(15)18)13-20(28)24-11-16-6-5-9-32-16/h3-10,12H,11,13-14H2,1-2H3,(H,24,28)/b19-10-. The zero-order valence-corrected chi connectivity index (χ0v) is 18.9. The minimum absolute atomic E-state index is 0.0858. The second-order valence-corrected chi connectivity index (χ2v) is 7.79. The molecule has 0 spiro atoms. The molecule has 4 rings (SSSR count). The molecule has 1 N–H and O–H groups in total. The molecule has 3 aromatic rings. The van der Waals surface area contributed by atoms with Crippen LogP contribution in [-0.2, 0) is 32.2 Å². The molecule has 0 bridgehead atoms. The fraction of sp³-hybridized carbons (Fsp3) is 0.217. The first-order valence-corrected chi connectivity index (χ1v) is 10.5. The molecule has 33 heavy (non-hydrogen) atoms. The summed E-state index contributed by atoms with van der Waals surface area (Å²) in [7, 11) is 2.84. The molecule has 3 heterocycles. The Morgan fingerprint density at radius 1 is 1.18 bits per heavy atom. The molecule has 0 aliphatic carbocycles. The molecule has 2 amide bonds. The van der Waals surface area contributed by atoms with Gasteiger partial charge in [-0.3, -0.25) is 19.3 Å². The predicted molar refractivity (Wildman–Crippen MR) is 125 cm³/mol. The molecular formula is C23H22N4O5S. The number of thiocarbonyl (C=S) groups is 1. The quantitative estimate of drug-likeness (QED) is 0.324. The van der Waals surface area contributed by atoms with E-state index < -0.39 is 5.97 Å². The lowest BCUT2D eigenvalue weighted by atomic mass is 10.1. The van der Waals surface area contributed by atoms with Crippen molar-refractivity contribution in [3.63, 3.8) is 0 Å². The molecule has 0 saturated carbocycles. The number of aromatic nitrogens is 1. The van der Waals surface area contributed by atoms with E-state index in [9.17, 15) is 14.4 Å². The van der Waals surface area contributed by atoms with Gasteiger partial charge in [0, 0.05) is 29.7 Å². The minimum Gasteiger partial charge on any atom is -0.468 e. The van der Waals surface area contributed by atoms with Crippen LogP contribution in [0.2, 0.25) is 0 Å². The molecular weight excluding hydrogens is 444 g/mol. The van der Waals surface area contributed by atoms with Crippen molar-refractivity contribution in [1.82, 2.24) is 19.7 Å². The van der Waals surface area contributed by atoms with Crippen molar-refractivity contribution >= 4 is 52.1 Å². The molecule has 10 heteroatoms. The number of ether oxygens (including phenoxy) is 1. The van der Waals surface area contributed by atoms with Gasteiger partial charge in [-0.1, -0.05) is 18.2 Å². The van der Waals surface area contributed by atoms with Crippen molar-refractivity contribution in [2.24, 2.45) is 0 Å². The zero-order chi connectivity index (χ0) is 23.5. The van der Waals surface area contributed by atoms with Gasteiger partial charge in [0.15, 0.2) is 5.11 Å². The summed E-state index contributed by atoms with van der Waals surface area (Å²) in [5.41, 5.74) is 1.82. The summed E-state index contributed by atoms with van der Waals surface area (Å²) in [4.78, 5) is 40.0. The first kappa shape index (κ1) is 22.3. The number of para-hydroxylation sites is 1. The molecule has 1 aromatic carbocycles. The van der Waals surface area contributed by atoms with E-state index >= 15 is 0 Å². The number of methoxy groups -OCH3 is 1. The molecule has 0 unspecified atom stereocenters. The number of esters is 1. The highest BCUT2D eigenvalue weighted by Crippen LogP contribution is 2.28. The number of nitrogens with one attached hydrogen (secondary N) is 1. The van der Waals surface area contributed by atoms with E-state index in [-0.39, 0.29) is 35.7 Å². The average molecular weight is 467 g/mol. The predicted octanol–water partition coefficient (Wildman–Crippen LogP) is 2.12. The summed E-state index contributed by atoms with van der Waals surface area (Å²) < 4.78 is 11.8. The Hall–Kier alpha value is -3.92. The van der Waals surface area contributed by atoms with Gasteiger partial charge in [0.1, 0.15) is 24.5 Å². The Bertz CT molecular complexity index is 1260. The third-order valence-electron chi connectivity index (χ3n) is 5.31. The minimum atomic E-state index is -0.512. The van der Waals surface area contributed by atoms with Crippen LogP contribution in [0.4, 0.5) is 0 Å². The van der Waals surface area contributed by atoms with Gasteiger partial charge in [0.2, 0.25) is 5.91 Å². The Kier molecular flexibility index (Phi) is 6.27. The van der Waals surface area contributed by atoms with E-state index in [1.807, 2.05) is 28.8 Å². The number of carbonyl (C=O) groups excluding carboxylic acids is 3. The molecule has 0 atom stereocenters. The zero-order valence-electron chi connectivity index (χ0n) is 18.1. The third-order valence-corrected chi connectivity index (χ3v) is 5.81. The number of carbonyl (C=O) groups is 3. The lowest BCUT2D eigenvalue weighted by molar-refractivity contribution is -0.140. The lowest BCUT2D eigenvalue weighted by Crippen LogP contribution is -2.33. The number of fused-ring (bicyclic) bond motifs is 1. The number of nitrogens with zero attached hydrogens (tertiary/aromatic N) is 3. The van der Waals surface area contributed by atoms with Crippen molar-refractivity contribution in [2.45, 2.75) is 13.1 Å². The highest BCUT2D eigenvalue weighted by atomic mass is 32.1. The fourth-order valence-corrected chi connectivity index (χ4v) is 3.87. The highest BCUT2D eigenvalue weighted by molar-refractivity contribution is 7.80. The topological polar surface area (TPSA) is 97.0 Å². The number of hydrogen-bond acceptors (Lipinski definition) is 6. The summed E-state index contributed by atoms with van der Waals surface area (Å²) in [6.45, 7) is 0.205. The Morgan fingerprint density at radius 3 is 2.70 bits per heavy atom. The number of furan rings is 1. The van der Waals surface area contributed by atoms with Crippen LogP contribution in [0.5, 0.6) is 0 Å². The van der Waals surface area contributed by atoms with Crippen molar-refractivity contribution < 1.29 is 23.5 Å². The van der Waals surface area contributed by atoms with Crippen molar-refractivity contribution in [3.8, 4) is 0 Å². The van der Waals surface area contributed by atoms with Crippen LogP contribution < -0.4 is 5.32 Å². The van der Waals surface area contributed by atoms with Gasteiger partial charge in [-0.2, -0.15) is 0 Å². The molecule has 2 aromatic heterocycles. The maximum absolute atomic E-state index is 12.8. The van der Waals surface area contributed by atoms with Crippen molar-refractivity contribution in [2.75, 3.05) is 20.7 Å². The highest BCUT2D eigenvalue weighted by Gasteiger charge is 2.37. The molecule has 1 saturated heterocycles. The molecule has 0 radical (unpaired) electrons. The van der Waals surface area contributed by atoms with Crippen LogP contribution in [0.15, 0.2) is 59.0 Å². The van der Waals surface area contributed by atoms with Crippen molar-refractivity contribution in [1.29, 1.82) is 0 Å². The molecule has 9 nitrogen and oxygen atoms in total. The monoisotopic (exact) mass is 466 g/mol. The number of amides is 2. The second kappa shape index (κ2) is 9.29. The van der Waals surface area contributed by atoms with E-state index in [4.69, 9.17) is 21.4 Å². The smallest absolute Gasteiger partial charge is 0.325 e. The molecule has 170 valence electrons. The first-order valence-electron chi connectivity index (χ1n) is 10.1. The van der Waals surface area contributed by atoms with Crippen LogP contribution in [0, 0.1) is 0 Å². The second-order valence-electron chi connectivity index (χ2n) is 7.42. The summed E-state index contributed by atoms with van der Waals surface area (Å²) in [6.07, 6.45) is 5.04. The third kappa shape index (κ3) is 4.51. The number of benzene rings is 1. The van der Waals surface area contributed by atoms with E-state index in [1.165, 1.54) is 16.9 Å². The Morgan fingerprint density at radius 2 is 1.97 bits per heavy atom. The van der Waals surface area contributed by atoms with E-state index in [0.29, 0.717) is 12.3 Å². The van der Waals surface area contributed by atoms with Crippen LogP contribution >= 0.6 is 12.2 Å². The summed E-state index contributed by atoms with van der Waals surface area (Å²) in [6, 6.07) is 11.1. The SMILES string of the molecule is COC(=O)CN1C(=S)N(C)C(=O)/C1=C/c1cn(CC(=O)NCc2ccco2)c2ccccc12. The maximum atomic E-state index is 12.8. The van der Waals surface area contributed by atoms with Gasteiger partial charge >= 0.3 is 5.97 Å². The molecule has 1 aliphatic heterocycles. The van der Waals surface area contributed by atoms with E-state index in [1.54, 1.807) is 37.7 Å². The summed E-state index contributed by atoms with van der Waals surface area (Å²) in [5, 5.41) is 3.90. The molecule has 1 aliphatic rings. The van der Waals surface area contributed by atoms with Crippen molar-refractivity contribution in [3.05, 3.63) is 65.9 Å². The first-order chi connectivity index (χ1) is 15.9. The number of rotatable bonds is 7. The molecule has 1 fully saturated rings. The largest absolute Gasteiger partial charge is 0.468 e. The van der Waals surface area contributed by atoms with Gasteiger partial charge in [0.05, 0.1) is 19.9 Å². The van der Waals surface area contributed by atoms with Gasteiger partial charge < -0.3 is 23.9 Å². The van der Waals surface area contributed by atoms with Crippen LogP contribution in [0.3, 0.4) is 0 Å². The van der Waals surface area contributed by atoms with E-state index in [0.717, 1.165) is 16.5 Å². The Balaban J connectivity index is 1.64. The van der Waals surface area contributed by atoms with Crippen LogP contribution in [-0.4, -0.2) is 58.0 Å². The number of hydrogen-bond donors (Lipinski definition) is 1. The van der Waals surface area contributed by atoms with Gasteiger partial charge in [0.25, 0.3) is 5.91 Å². The van der Waals surface area contributed by atoms with Crippen LogP contribution in [0.25, 0.3) is 17.0 Å². The van der Waals surface area contributed by atoms with Crippen LogP contribution in [0.1, 0.15) is 11.3 Å². The van der Waals surface area contributed by atoms with Gasteiger partial charge in [-0.25, -0.2) is 0 Å². The van der Waals surface area contributed by atoms with Gasteiger partial charge in [-0.15, -0.1) is 0 Å². The van der Waals surface area contributed by atoms with Gasteiger partial charge in [-0.05, 0) is 36.5 Å². The Labute approximate surface area is 195 Å². The maximum Gasteiger partial charge on any atom is 0.325 e. The summed E-state index contributed by atoms with van der Waals surface area (Å²) in [5.74, 6) is -0.355.